The van der Waals surface area contributed by atoms with E-state index in [1.165, 1.54) is 70.6 Å². The van der Waals surface area contributed by atoms with Crippen LogP contribution in [0, 0.1) is 35.3 Å². The van der Waals surface area contributed by atoms with Gasteiger partial charge in [0.1, 0.15) is 0 Å². The largest absolute Gasteiger partial charge is 0.203 e. The summed E-state index contributed by atoms with van der Waals surface area (Å²) in [5.74, 6) is 2.24. The van der Waals surface area contributed by atoms with E-state index in [1.807, 2.05) is 12.1 Å². The van der Waals surface area contributed by atoms with Crippen LogP contribution in [0.4, 0.5) is 8.78 Å². The molecule has 0 radical (unpaired) electrons. The highest BCUT2D eigenvalue weighted by atomic mass is 19.2. The molecule has 2 unspecified atom stereocenters. The van der Waals surface area contributed by atoms with E-state index in [0.717, 1.165) is 43.4 Å². The highest BCUT2D eigenvalue weighted by Gasteiger charge is 2.31. The van der Waals surface area contributed by atoms with Gasteiger partial charge in [0.05, 0.1) is 0 Å². The minimum absolute atomic E-state index is 0.0334. The first-order chi connectivity index (χ1) is 16.1. The predicted molar refractivity (Wildman–Crippen MR) is 136 cm³/mol. The zero-order valence-corrected chi connectivity index (χ0v) is 21.1. The fourth-order valence-electron chi connectivity index (χ4n) is 7.14. The zero-order chi connectivity index (χ0) is 23.2. The first-order valence-electron chi connectivity index (χ1n) is 14.3. The lowest BCUT2D eigenvalue weighted by Gasteiger charge is -2.35. The number of hydrogen-bond donors (Lipinski definition) is 0. The van der Waals surface area contributed by atoms with Gasteiger partial charge in [0, 0.05) is 5.92 Å². The van der Waals surface area contributed by atoms with Gasteiger partial charge in [-0.05, 0) is 92.1 Å². The summed E-state index contributed by atoms with van der Waals surface area (Å²) in [6, 6.07) is 3.82. The topological polar surface area (TPSA) is 0 Å². The fraction of sp³-hybridized carbons (Fsp3) is 0.742. The Kier molecular flexibility index (Phi) is 9.05. The van der Waals surface area contributed by atoms with E-state index in [-0.39, 0.29) is 11.8 Å². The van der Waals surface area contributed by atoms with Gasteiger partial charge in [-0.15, -0.1) is 0 Å². The van der Waals surface area contributed by atoms with Crippen molar-refractivity contribution in [1.29, 1.82) is 0 Å². The Balaban J connectivity index is 1.34. The molecule has 4 rings (SSSR count). The summed E-state index contributed by atoms with van der Waals surface area (Å²) < 4.78 is 30.4. The molecule has 0 aliphatic heterocycles. The maximum Gasteiger partial charge on any atom is 0.162 e. The van der Waals surface area contributed by atoms with Crippen LogP contribution in [0.5, 0.6) is 0 Å². The van der Waals surface area contributed by atoms with Crippen molar-refractivity contribution in [2.75, 3.05) is 0 Å². The van der Waals surface area contributed by atoms with Crippen molar-refractivity contribution in [1.82, 2.24) is 0 Å². The lowest BCUT2D eigenvalue weighted by atomic mass is 9.71. The molecule has 0 aromatic heterocycles. The Bertz CT molecular complexity index is 765. The Morgan fingerprint density at radius 2 is 1.36 bits per heavy atom. The Morgan fingerprint density at radius 1 is 0.697 bits per heavy atom. The van der Waals surface area contributed by atoms with Crippen LogP contribution in [0.1, 0.15) is 133 Å². The molecule has 0 saturated heterocycles. The van der Waals surface area contributed by atoms with E-state index in [2.05, 4.69) is 26.0 Å². The van der Waals surface area contributed by atoms with Gasteiger partial charge in [0.15, 0.2) is 11.6 Å². The summed E-state index contributed by atoms with van der Waals surface area (Å²) in [5, 5.41) is 0. The smallest absolute Gasteiger partial charge is 0.162 e. The summed E-state index contributed by atoms with van der Waals surface area (Å²) in [7, 11) is 0. The summed E-state index contributed by atoms with van der Waals surface area (Å²) in [5.41, 5.74) is 1.21. The average molecular weight is 457 g/mol. The first-order valence-corrected chi connectivity index (χ1v) is 14.3. The van der Waals surface area contributed by atoms with Gasteiger partial charge < -0.3 is 0 Å². The van der Waals surface area contributed by atoms with Gasteiger partial charge in [0.2, 0.25) is 0 Å². The highest BCUT2D eigenvalue weighted by Crippen LogP contribution is 2.43. The second-order valence-corrected chi connectivity index (χ2v) is 11.5. The van der Waals surface area contributed by atoms with Gasteiger partial charge in [-0.2, -0.15) is 0 Å². The summed E-state index contributed by atoms with van der Waals surface area (Å²) >= 11 is 0. The number of unbranched alkanes of at least 4 members (excludes halogenated alkanes) is 2. The molecule has 1 aromatic rings. The molecule has 0 spiro atoms. The Morgan fingerprint density at radius 3 is 2.00 bits per heavy atom. The first kappa shape index (κ1) is 24.9. The molecule has 2 atom stereocenters. The maximum atomic E-state index is 15.2. The van der Waals surface area contributed by atoms with Crippen LogP contribution >= 0.6 is 0 Å². The van der Waals surface area contributed by atoms with Crippen molar-refractivity contribution in [2.24, 2.45) is 23.7 Å². The van der Waals surface area contributed by atoms with Crippen molar-refractivity contribution in [3.05, 3.63) is 47.0 Å². The van der Waals surface area contributed by atoms with Crippen molar-refractivity contribution < 1.29 is 8.78 Å². The molecule has 2 heteroatoms. The van der Waals surface area contributed by atoms with E-state index < -0.39 is 11.6 Å². The van der Waals surface area contributed by atoms with Gasteiger partial charge in [0.25, 0.3) is 0 Å². The fourth-order valence-corrected chi connectivity index (χ4v) is 7.14. The molecular weight excluding hydrogens is 410 g/mol. The molecular formula is C31H46F2. The minimum Gasteiger partial charge on any atom is -0.203 e. The monoisotopic (exact) mass is 456 g/mol. The zero-order valence-electron chi connectivity index (χ0n) is 21.1. The predicted octanol–water partition coefficient (Wildman–Crippen LogP) is 10.1. The van der Waals surface area contributed by atoms with Crippen molar-refractivity contribution in [3.8, 4) is 0 Å². The van der Waals surface area contributed by atoms with Crippen LogP contribution in [0.3, 0.4) is 0 Å². The number of benzene rings is 1. The number of allylic oxidation sites excluding steroid dienone is 2. The van der Waals surface area contributed by atoms with Crippen LogP contribution < -0.4 is 0 Å². The second-order valence-electron chi connectivity index (χ2n) is 11.5. The third-order valence-corrected chi connectivity index (χ3v) is 9.52. The maximum absolute atomic E-state index is 15.2. The minimum atomic E-state index is -0.575. The number of hydrogen-bond acceptors (Lipinski definition) is 0. The molecule has 0 heterocycles. The van der Waals surface area contributed by atoms with Crippen LogP contribution in [0.2, 0.25) is 0 Å². The van der Waals surface area contributed by atoms with E-state index in [0.29, 0.717) is 17.0 Å². The van der Waals surface area contributed by atoms with Crippen molar-refractivity contribution in [3.63, 3.8) is 0 Å². The molecule has 0 bridgehead atoms. The van der Waals surface area contributed by atoms with E-state index in [1.54, 1.807) is 0 Å². The third kappa shape index (κ3) is 6.09. The van der Waals surface area contributed by atoms with E-state index >= 15 is 8.78 Å². The average Bonchev–Trinajstić information content (AvgIpc) is 2.87. The normalized spacial score (nSPS) is 32.7. The van der Waals surface area contributed by atoms with Gasteiger partial charge in [-0.25, -0.2) is 8.78 Å². The molecule has 3 aliphatic rings. The van der Waals surface area contributed by atoms with E-state index in [4.69, 9.17) is 0 Å². The van der Waals surface area contributed by atoms with Crippen LogP contribution in [0.25, 0.3) is 0 Å². The number of halogens is 2. The Labute approximate surface area is 201 Å². The molecule has 3 aliphatic carbocycles. The van der Waals surface area contributed by atoms with Crippen LogP contribution in [-0.4, -0.2) is 0 Å². The molecule has 0 amide bonds. The van der Waals surface area contributed by atoms with Crippen LogP contribution in [0.15, 0.2) is 24.3 Å². The molecule has 184 valence electrons. The van der Waals surface area contributed by atoms with Crippen LogP contribution in [-0.2, 0) is 0 Å². The van der Waals surface area contributed by atoms with E-state index in [9.17, 15) is 0 Å². The highest BCUT2D eigenvalue weighted by molar-refractivity contribution is 5.34. The van der Waals surface area contributed by atoms with Crippen molar-refractivity contribution >= 4 is 0 Å². The quantitative estimate of drug-likeness (QED) is 0.269. The molecule has 1 aromatic carbocycles. The lowest BCUT2D eigenvalue weighted by Crippen LogP contribution is -2.23. The standard InChI is InChI=1S/C31H46F2/c1-3-5-6-7-23-10-14-26(15-11-23)28-20-21-29(31(33)30(28)32)27-18-16-25(17-19-27)24-12-8-22(4-2)9-13-24/h16,18,20-27H,3-15,17,19H2,1-2H3. The lowest BCUT2D eigenvalue weighted by molar-refractivity contribution is 0.212. The summed E-state index contributed by atoms with van der Waals surface area (Å²) in [6.07, 6.45) is 22.9. The SMILES string of the molecule is CCCCCC1CCC(c2ccc(C3C=CC(C4CCC(CC)CC4)CC3)c(F)c2F)CC1. The molecule has 0 nitrogen and oxygen atoms in total. The number of rotatable bonds is 8. The molecule has 33 heavy (non-hydrogen) atoms. The van der Waals surface area contributed by atoms with Gasteiger partial charge >= 0.3 is 0 Å². The summed E-state index contributed by atoms with van der Waals surface area (Å²) in [6.45, 7) is 4.56. The van der Waals surface area contributed by atoms with Gasteiger partial charge in [-0.1, -0.05) is 83.1 Å². The summed E-state index contributed by atoms with van der Waals surface area (Å²) in [4.78, 5) is 0. The third-order valence-electron chi connectivity index (χ3n) is 9.52. The van der Waals surface area contributed by atoms with Gasteiger partial charge in [-0.3, -0.25) is 0 Å². The molecule has 2 fully saturated rings. The Hall–Kier alpha value is -1.18. The molecule has 2 saturated carbocycles. The second kappa shape index (κ2) is 12.0. The van der Waals surface area contributed by atoms with Crippen molar-refractivity contribution in [2.45, 2.75) is 122 Å². The molecule has 0 N–H and O–H groups in total.